The number of hydrogen-bond acceptors (Lipinski definition) is 8. The maximum absolute atomic E-state index is 13.8. The molecular weight excluding hydrogens is 682 g/mol. The van der Waals surface area contributed by atoms with Crippen molar-refractivity contribution in [3.05, 3.63) is 92.9 Å². The second kappa shape index (κ2) is 15.7. The molecule has 0 aliphatic heterocycles. The van der Waals surface area contributed by atoms with E-state index < -0.39 is 26.8 Å². The molecule has 3 aromatic carbocycles. The van der Waals surface area contributed by atoms with E-state index in [0.29, 0.717) is 11.4 Å². The highest BCUT2D eigenvalue weighted by atomic mass is 79.9. The molecular formula is C28H36Br2N2O6P2. The molecule has 12 heteroatoms. The molecule has 2 unspecified atom stereocenters. The van der Waals surface area contributed by atoms with Crippen LogP contribution in [0.5, 0.6) is 0 Å². The Morgan fingerprint density at radius 1 is 0.550 bits per heavy atom. The van der Waals surface area contributed by atoms with E-state index in [1.807, 2.05) is 72.8 Å². The monoisotopic (exact) mass is 716 g/mol. The van der Waals surface area contributed by atoms with Gasteiger partial charge in [-0.05, 0) is 87.4 Å². The Labute approximate surface area is 253 Å². The number of halogens is 2. The third kappa shape index (κ3) is 8.76. The van der Waals surface area contributed by atoms with Crippen molar-refractivity contribution in [1.29, 1.82) is 0 Å². The summed E-state index contributed by atoms with van der Waals surface area (Å²) in [6.07, 6.45) is 0. The first-order chi connectivity index (χ1) is 19.2. The fourth-order valence-electron chi connectivity index (χ4n) is 4.05. The molecule has 40 heavy (non-hydrogen) atoms. The number of benzene rings is 3. The molecule has 0 saturated heterocycles. The second-order valence-electron chi connectivity index (χ2n) is 8.52. The van der Waals surface area contributed by atoms with Gasteiger partial charge >= 0.3 is 15.2 Å². The molecule has 8 nitrogen and oxygen atoms in total. The van der Waals surface area contributed by atoms with Crippen molar-refractivity contribution in [1.82, 2.24) is 0 Å². The SMILES string of the molecule is CCOP(=O)(OCC)C(Nc1ccc(NC(c2ccc(Br)cc2)P(=O)(OCC)OCC)cc1)c1ccc(Br)cc1. The van der Waals surface area contributed by atoms with Crippen LogP contribution < -0.4 is 10.6 Å². The van der Waals surface area contributed by atoms with Crippen LogP contribution in [0, 0.1) is 0 Å². The van der Waals surface area contributed by atoms with Crippen molar-refractivity contribution < 1.29 is 27.2 Å². The highest BCUT2D eigenvalue weighted by molar-refractivity contribution is 9.10. The Morgan fingerprint density at radius 3 is 1.07 bits per heavy atom. The van der Waals surface area contributed by atoms with Crippen molar-refractivity contribution in [3.63, 3.8) is 0 Å². The summed E-state index contributed by atoms with van der Waals surface area (Å²) in [6, 6.07) is 22.5. The van der Waals surface area contributed by atoms with Gasteiger partial charge in [0.15, 0.2) is 11.6 Å². The van der Waals surface area contributed by atoms with Gasteiger partial charge < -0.3 is 28.7 Å². The normalized spacial score (nSPS) is 13.6. The molecule has 0 aliphatic rings. The molecule has 3 aromatic rings. The summed E-state index contributed by atoms with van der Waals surface area (Å²) >= 11 is 6.91. The van der Waals surface area contributed by atoms with Crippen molar-refractivity contribution in [2.45, 2.75) is 39.3 Å². The lowest BCUT2D eigenvalue weighted by molar-refractivity contribution is 0.213. The second-order valence-corrected chi connectivity index (χ2v) is 14.6. The summed E-state index contributed by atoms with van der Waals surface area (Å²) in [5.41, 5.74) is 2.94. The standard InChI is InChI=1S/C28H36Br2N2O6P2/c1-5-35-39(33,36-6-2)27(21-9-13-23(29)14-10-21)31-25-17-19-26(20-18-25)32-28(22-11-15-24(30)16-12-22)40(34,37-7-3)38-8-4/h9-20,27-28,31-32H,5-8H2,1-4H3. The Balaban J connectivity index is 1.92. The average Bonchev–Trinajstić information content (AvgIpc) is 2.93. The topological polar surface area (TPSA) is 95.1 Å². The number of hydrogen-bond donors (Lipinski definition) is 2. The molecule has 0 fully saturated rings. The van der Waals surface area contributed by atoms with Crippen LogP contribution in [0.3, 0.4) is 0 Å². The van der Waals surface area contributed by atoms with Gasteiger partial charge in [-0.1, -0.05) is 56.1 Å². The minimum absolute atomic E-state index is 0.242. The molecule has 3 rings (SSSR count). The Hall–Kier alpha value is -1.48. The van der Waals surface area contributed by atoms with E-state index in [2.05, 4.69) is 42.5 Å². The van der Waals surface area contributed by atoms with Gasteiger partial charge in [0.2, 0.25) is 0 Å². The van der Waals surface area contributed by atoms with Crippen molar-refractivity contribution in [2.24, 2.45) is 0 Å². The fraction of sp³-hybridized carbons (Fsp3) is 0.357. The smallest absolute Gasteiger partial charge is 0.357 e. The van der Waals surface area contributed by atoms with Gasteiger partial charge in [0.05, 0.1) is 26.4 Å². The van der Waals surface area contributed by atoms with Crippen LogP contribution >= 0.6 is 47.1 Å². The lowest BCUT2D eigenvalue weighted by atomic mass is 10.2. The highest BCUT2D eigenvalue weighted by Crippen LogP contribution is 2.62. The van der Waals surface area contributed by atoms with E-state index >= 15 is 0 Å². The summed E-state index contributed by atoms with van der Waals surface area (Å²) < 4.78 is 52.2. The van der Waals surface area contributed by atoms with Gasteiger partial charge in [-0.3, -0.25) is 9.13 Å². The van der Waals surface area contributed by atoms with Crippen molar-refractivity contribution >= 4 is 58.4 Å². The largest absolute Gasteiger partial charge is 0.368 e. The predicted octanol–water partition coefficient (Wildman–Crippen LogP) is 9.97. The first-order valence-electron chi connectivity index (χ1n) is 13.1. The minimum atomic E-state index is -3.56. The van der Waals surface area contributed by atoms with Crippen LogP contribution in [0.4, 0.5) is 11.4 Å². The molecule has 218 valence electrons. The number of nitrogens with one attached hydrogen (secondary N) is 2. The number of anilines is 2. The lowest BCUT2D eigenvalue weighted by Crippen LogP contribution is -2.16. The first kappa shape index (κ1) is 33.0. The van der Waals surface area contributed by atoms with Crippen molar-refractivity contribution in [3.8, 4) is 0 Å². The van der Waals surface area contributed by atoms with E-state index in [4.69, 9.17) is 18.1 Å². The summed E-state index contributed by atoms with van der Waals surface area (Å²) in [7, 11) is -7.13. The van der Waals surface area contributed by atoms with Gasteiger partial charge in [-0.2, -0.15) is 0 Å². The quantitative estimate of drug-likeness (QED) is 0.141. The third-order valence-corrected chi connectivity index (χ3v) is 11.4. The average molecular weight is 718 g/mol. The fourth-order valence-corrected chi connectivity index (χ4v) is 8.45. The first-order valence-corrected chi connectivity index (χ1v) is 17.9. The predicted molar refractivity (Wildman–Crippen MR) is 169 cm³/mol. The molecule has 2 atom stereocenters. The molecule has 0 bridgehead atoms. The third-order valence-electron chi connectivity index (χ3n) is 5.73. The van der Waals surface area contributed by atoms with Gasteiger partial charge in [0, 0.05) is 20.3 Å². The minimum Gasteiger partial charge on any atom is -0.368 e. The molecule has 2 N–H and O–H groups in total. The maximum Gasteiger partial charge on any atom is 0.357 e. The van der Waals surface area contributed by atoms with Crippen LogP contribution in [-0.2, 0) is 27.2 Å². The zero-order chi connectivity index (χ0) is 29.2. The van der Waals surface area contributed by atoms with Gasteiger partial charge in [-0.15, -0.1) is 0 Å². The van der Waals surface area contributed by atoms with E-state index in [-0.39, 0.29) is 26.4 Å². The zero-order valence-electron chi connectivity index (χ0n) is 23.0. The van der Waals surface area contributed by atoms with Crippen LogP contribution in [0.15, 0.2) is 81.7 Å². The molecule has 0 amide bonds. The Bertz CT molecular complexity index is 1170. The maximum atomic E-state index is 13.8. The molecule has 0 radical (unpaired) electrons. The van der Waals surface area contributed by atoms with E-state index in [0.717, 1.165) is 20.1 Å². The Kier molecular flexibility index (Phi) is 12.9. The highest BCUT2D eigenvalue weighted by Gasteiger charge is 2.38. The zero-order valence-corrected chi connectivity index (χ0v) is 28.0. The molecule has 0 spiro atoms. The molecule has 0 saturated carbocycles. The molecule has 0 heterocycles. The summed E-state index contributed by atoms with van der Waals surface area (Å²) in [5, 5.41) is 6.70. The van der Waals surface area contributed by atoms with Crippen LogP contribution in [0.25, 0.3) is 0 Å². The van der Waals surface area contributed by atoms with Crippen LogP contribution in [0.2, 0.25) is 0 Å². The van der Waals surface area contributed by atoms with Crippen LogP contribution in [-0.4, -0.2) is 26.4 Å². The van der Waals surface area contributed by atoms with Gasteiger partial charge in [0.25, 0.3) is 0 Å². The molecule has 0 aliphatic carbocycles. The van der Waals surface area contributed by atoms with E-state index in [9.17, 15) is 9.13 Å². The van der Waals surface area contributed by atoms with Crippen molar-refractivity contribution in [2.75, 3.05) is 37.1 Å². The Morgan fingerprint density at radius 2 is 0.825 bits per heavy atom. The van der Waals surface area contributed by atoms with E-state index in [1.54, 1.807) is 27.7 Å². The summed E-state index contributed by atoms with van der Waals surface area (Å²) in [5.74, 6) is -1.46. The van der Waals surface area contributed by atoms with Crippen LogP contribution in [0.1, 0.15) is 50.4 Å². The lowest BCUT2D eigenvalue weighted by Gasteiger charge is -2.29. The summed E-state index contributed by atoms with van der Waals surface area (Å²) in [6.45, 7) is 8.12. The molecule has 0 aromatic heterocycles. The van der Waals surface area contributed by atoms with Gasteiger partial charge in [0.1, 0.15) is 0 Å². The summed E-state index contributed by atoms with van der Waals surface area (Å²) in [4.78, 5) is 0. The number of rotatable bonds is 16. The van der Waals surface area contributed by atoms with E-state index in [1.165, 1.54) is 0 Å². The van der Waals surface area contributed by atoms with Gasteiger partial charge in [-0.25, -0.2) is 0 Å².